The van der Waals surface area contributed by atoms with E-state index in [4.69, 9.17) is 11.6 Å². The fourth-order valence-electron chi connectivity index (χ4n) is 4.03. The first-order valence-electron chi connectivity index (χ1n) is 11.1. The van der Waals surface area contributed by atoms with E-state index in [1.165, 1.54) is 29.1 Å². The van der Waals surface area contributed by atoms with Crippen molar-refractivity contribution in [1.29, 1.82) is 0 Å². The average molecular weight is 478 g/mol. The molecule has 1 fully saturated rings. The van der Waals surface area contributed by atoms with E-state index in [0.717, 1.165) is 31.5 Å². The number of nitrogens with zero attached hydrogens (tertiary/aromatic N) is 2. The number of hydrogen-bond donors (Lipinski definition) is 1. The predicted octanol–water partition coefficient (Wildman–Crippen LogP) is 4.19. The van der Waals surface area contributed by atoms with E-state index in [9.17, 15) is 13.2 Å². The monoisotopic (exact) mass is 477 g/mol. The highest BCUT2D eigenvalue weighted by Crippen LogP contribution is 2.22. The molecule has 3 rings (SSSR count). The van der Waals surface area contributed by atoms with Crippen LogP contribution in [0.1, 0.15) is 43.2 Å². The smallest absolute Gasteiger partial charge is 0.232 e. The van der Waals surface area contributed by atoms with Gasteiger partial charge in [0.2, 0.25) is 15.9 Å². The standard InChI is InChI=1S/C24H32ClN3O3S/c1-32(30,31)28(23-12-7-11-22(25)17-23)16-8-13-24(29)26-18-20-9-3-4-10-21(20)19-27-14-5-2-6-15-27/h3-4,7,9-12,17H,2,5-6,8,13-16,18-19H2,1H3,(H,26,29). The molecule has 0 bridgehead atoms. The van der Waals surface area contributed by atoms with E-state index < -0.39 is 10.0 Å². The number of likely N-dealkylation sites (tertiary alicyclic amines) is 1. The summed E-state index contributed by atoms with van der Waals surface area (Å²) >= 11 is 6.01. The third-order valence-corrected chi connectivity index (χ3v) is 7.13. The number of benzene rings is 2. The van der Waals surface area contributed by atoms with Crippen molar-refractivity contribution in [3.63, 3.8) is 0 Å². The summed E-state index contributed by atoms with van der Waals surface area (Å²) in [6.45, 7) is 3.87. The van der Waals surface area contributed by atoms with Crippen LogP contribution in [0.5, 0.6) is 0 Å². The van der Waals surface area contributed by atoms with Gasteiger partial charge in [-0.1, -0.05) is 48.4 Å². The van der Waals surface area contributed by atoms with Crippen molar-refractivity contribution in [2.45, 2.75) is 45.2 Å². The summed E-state index contributed by atoms with van der Waals surface area (Å²) in [5, 5.41) is 3.46. The van der Waals surface area contributed by atoms with Gasteiger partial charge in [-0.15, -0.1) is 0 Å². The average Bonchev–Trinajstić information content (AvgIpc) is 2.76. The molecule has 0 radical (unpaired) electrons. The quantitative estimate of drug-likeness (QED) is 0.557. The molecule has 2 aromatic rings. The van der Waals surface area contributed by atoms with Gasteiger partial charge in [0.1, 0.15) is 0 Å². The Kier molecular flexibility index (Phi) is 8.96. The molecule has 1 aliphatic rings. The van der Waals surface area contributed by atoms with Crippen LogP contribution < -0.4 is 9.62 Å². The molecule has 1 saturated heterocycles. The Morgan fingerprint density at radius 3 is 2.47 bits per heavy atom. The van der Waals surface area contributed by atoms with Crippen LogP contribution >= 0.6 is 11.6 Å². The Morgan fingerprint density at radius 2 is 1.78 bits per heavy atom. The fourth-order valence-corrected chi connectivity index (χ4v) is 5.17. The third kappa shape index (κ3) is 7.50. The highest BCUT2D eigenvalue weighted by atomic mass is 35.5. The minimum absolute atomic E-state index is 0.0858. The summed E-state index contributed by atoms with van der Waals surface area (Å²) in [5.74, 6) is -0.0858. The lowest BCUT2D eigenvalue weighted by Gasteiger charge is -2.27. The van der Waals surface area contributed by atoms with E-state index in [-0.39, 0.29) is 18.9 Å². The molecule has 0 aromatic heterocycles. The molecular weight excluding hydrogens is 446 g/mol. The molecule has 2 aromatic carbocycles. The zero-order valence-electron chi connectivity index (χ0n) is 18.6. The van der Waals surface area contributed by atoms with Crippen LogP contribution in [-0.4, -0.2) is 45.1 Å². The number of carbonyl (C=O) groups is 1. The summed E-state index contributed by atoms with van der Waals surface area (Å²) in [4.78, 5) is 14.9. The number of sulfonamides is 1. The molecule has 1 aliphatic heterocycles. The molecule has 8 heteroatoms. The minimum Gasteiger partial charge on any atom is -0.352 e. The molecule has 0 atom stereocenters. The van der Waals surface area contributed by atoms with Gasteiger partial charge >= 0.3 is 0 Å². The Bertz CT molecular complexity index is 1010. The second kappa shape index (κ2) is 11.7. The highest BCUT2D eigenvalue weighted by molar-refractivity contribution is 7.92. The van der Waals surface area contributed by atoms with Gasteiger partial charge in [0.25, 0.3) is 0 Å². The first kappa shape index (κ1) is 24.6. The molecule has 0 spiro atoms. The molecule has 1 amide bonds. The number of anilines is 1. The Balaban J connectivity index is 1.51. The summed E-state index contributed by atoms with van der Waals surface area (Å²) in [6.07, 6.45) is 5.63. The van der Waals surface area contributed by atoms with Crippen LogP contribution in [0.25, 0.3) is 0 Å². The maximum absolute atomic E-state index is 12.4. The van der Waals surface area contributed by atoms with Crippen LogP contribution in [0.2, 0.25) is 5.02 Å². The molecule has 0 saturated carbocycles. The molecule has 32 heavy (non-hydrogen) atoms. The van der Waals surface area contributed by atoms with Gasteiger partial charge in [-0.3, -0.25) is 14.0 Å². The number of halogens is 1. The lowest BCUT2D eigenvalue weighted by atomic mass is 10.0. The zero-order valence-corrected chi connectivity index (χ0v) is 20.2. The third-order valence-electron chi connectivity index (χ3n) is 5.70. The molecule has 0 unspecified atom stereocenters. The molecule has 1 heterocycles. The van der Waals surface area contributed by atoms with Crippen molar-refractivity contribution in [3.8, 4) is 0 Å². The minimum atomic E-state index is -3.47. The van der Waals surface area contributed by atoms with E-state index in [1.807, 2.05) is 12.1 Å². The van der Waals surface area contributed by atoms with Gasteiger partial charge < -0.3 is 5.32 Å². The van der Waals surface area contributed by atoms with Crippen molar-refractivity contribution < 1.29 is 13.2 Å². The lowest BCUT2D eigenvalue weighted by molar-refractivity contribution is -0.121. The fraction of sp³-hybridized carbons (Fsp3) is 0.458. The van der Waals surface area contributed by atoms with Crippen molar-refractivity contribution in [2.24, 2.45) is 0 Å². The summed E-state index contributed by atoms with van der Waals surface area (Å²) < 4.78 is 25.7. The van der Waals surface area contributed by atoms with Crippen molar-refractivity contribution in [2.75, 3.05) is 30.2 Å². The number of hydrogen-bond acceptors (Lipinski definition) is 4. The Morgan fingerprint density at radius 1 is 1.06 bits per heavy atom. The first-order valence-corrected chi connectivity index (χ1v) is 13.3. The molecular formula is C24H32ClN3O3S. The summed E-state index contributed by atoms with van der Waals surface area (Å²) in [7, 11) is -3.47. The maximum atomic E-state index is 12.4. The summed E-state index contributed by atoms with van der Waals surface area (Å²) in [5.41, 5.74) is 2.88. The first-order chi connectivity index (χ1) is 15.3. The van der Waals surface area contributed by atoms with Crippen molar-refractivity contribution in [3.05, 3.63) is 64.7 Å². The molecule has 6 nitrogen and oxygen atoms in total. The van der Waals surface area contributed by atoms with Gasteiger partial charge in [-0.25, -0.2) is 8.42 Å². The largest absolute Gasteiger partial charge is 0.352 e. The van der Waals surface area contributed by atoms with Crippen LogP contribution in [0.15, 0.2) is 48.5 Å². The Hall–Kier alpha value is -2.09. The van der Waals surface area contributed by atoms with Crippen LogP contribution in [0.4, 0.5) is 5.69 Å². The van der Waals surface area contributed by atoms with Crippen LogP contribution in [0, 0.1) is 0 Å². The molecule has 0 aliphatic carbocycles. The van der Waals surface area contributed by atoms with Crippen LogP contribution in [-0.2, 0) is 27.9 Å². The van der Waals surface area contributed by atoms with E-state index >= 15 is 0 Å². The van der Waals surface area contributed by atoms with Crippen molar-refractivity contribution in [1.82, 2.24) is 10.2 Å². The van der Waals surface area contributed by atoms with E-state index in [0.29, 0.717) is 23.7 Å². The number of amides is 1. The SMILES string of the molecule is CS(=O)(=O)N(CCCC(=O)NCc1ccccc1CN1CCCCC1)c1cccc(Cl)c1. The predicted molar refractivity (Wildman–Crippen MR) is 130 cm³/mol. The second-order valence-electron chi connectivity index (χ2n) is 8.30. The van der Waals surface area contributed by atoms with Gasteiger partial charge in [0, 0.05) is 31.1 Å². The normalized spacial score (nSPS) is 14.8. The van der Waals surface area contributed by atoms with E-state index in [2.05, 4.69) is 22.3 Å². The van der Waals surface area contributed by atoms with Gasteiger partial charge in [-0.2, -0.15) is 0 Å². The van der Waals surface area contributed by atoms with Gasteiger partial charge in [0.15, 0.2) is 0 Å². The number of nitrogens with one attached hydrogen (secondary N) is 1. The number of carbonyl (C=O) groups excluding carboxylic acids is 1. The lowest BCUT2D eigenvalue weighted by Crippen LogP contribution is -2.32. The molecule has 1 N–H and O–H groups in total. The number of rotatable bonds is 10. The molecule has 174 valence electrons. The number of piperidine rings is 1. The maximum Gasteiger partial charge on any atom is 0.232 e. The van der Waals surface area contributed by atoms with E-state index in [1.54, 1.807) is 24.3 Å². The van der Waals surface area contributed by atoms with Gasteiger partial charge in [-0.05, 0) is 61.7 Å². The zero-order chi connectivity index (χ0) is 23.0. The second-order valence-corrected chi connectivity index (χ2v) is 10.6. The Labute approximate surface area is 196 Å². The topological polar surface area (TPSA) is 69.7 Å². The van der Waals surface area contributed by atoms with Crippen LogP contribution in [0.3, 0.4) is 0 Å². The van der Waals surface area contributed by atoms with Gasteiger partial charge in [0.05, 0.1) is 11.9 Å². The summed E-state index contributed by atoms with van der Waals surface area (Å²) in [6, 6.07) is 15.0. The van der Waals surface area contributed by atoms with Crippen molar-refractivity contribution >= 4 is 33.2 Å². The highest BCUT2D eigenvalue weighted by Gasteiger charge is 2.18.